The lowest BCUT2D eigenvalue weighted by atomic mass is 10.2. The van der Waals surface area contributed by atoms with Gasteiger partial charge in [-0.05, 0) is 11.6 Å². The highest BCUT2D eigenvalue weighted by atomic mass is 19.3. The van der Waals surface area contributed by atoms with Crippen molar-refractivity contribution in [1.82, 2.24) is 5.32 Å². The van der Waals surface area contributed by atoms with Crippen LogP contribution in [0.5, 0.6) is 5.75 Å². The van der Waals surface area contributed by atoms with Crippen molar-refractivity contribution in [1.29, 1.82) is 0 Å². The fraction of sp³-hybridized carbons (Fsp3) is 0.500. The lowest BCUT2D eigenvalue weighted by Gasteiger charge is -2.07. The third-order valence-electron chi connectivity index (χ3n) is 2.39. The van der Waals surface area contributed by atoms with E-state index >= 15 is 0 Å². The van der Waals surface area contributed by atoms with Gasteiger partial charge in [-0.2, -0.15) is 0 Å². The Kier molecular flexibility index (Phi) is 6.82. The third-order valence-corrected chi connectivity index (χ3v) is 2.39. The molecule has 1 rings (SSSR count). The summed E-state index contributed by atoms with van der Waals surface area (Å²) in [4.78, 5) is 10.2. The minimum absolute atomic E-state index is 0.0601. The molecule has 0 atom stereocenters. The smallest absolute Gasteiger partial charge is 0.273 e. The van der Waals surface area contributed by atoms with Crippen molar-refractivity contribution >= 4 is 5.69 Å². The minimum Gasteiger partial charge on any atom is -0.496 e. The number of hydrogen-bond acceptors (Lipinski definition) is 5. The van der Waals surface area contributed by atoms with Gasteiger partial charge < -0.3 is 14.8 Å². The number of halogens is 2. The van der Waals surface area contributed by atoms with Gasteiger partial charge in [-0.1, -0.05) is 0 Å². The molecule has 0 aromatic heterocycles. The normalized spacial score (nSPS) is 10.8. The molecule has 0 radical (unpaired) electrons. The molecule has 0 amide bonds. The zero-order chi connectivity index (χ0) is 15.0. The molecule has 0 fully saturated rings. The number of methoxy groups -OCH3 is 1. The molecule has 6 nitrogen and oxygen atoms in total. The predicted octanol–water partition coefficient (Wildman–Crippen LogP) is 1.97. The number of alkyl halides is 2. The van der Waals surface area contributed by atoms with Gasteiger partial charge in [0.1, 0.15) is 12.4 Å². The summed E-state index contributed by atoms with van der Waals surface area (Å²) in [5.41, 5.74) is 0.611. The number of ether oxygens (including phenoxy) is 2. The second kappa shape index (κ2) is 8.39. The molecule has 0 unspecified atom stereocenters. The largest absolute Gasteiger partial charge is 0.496 e. The van der Waals surface area contributed by atoms with Gasteiger partial charge in [0.05, 0.1) is 24.7 Å². The maximum Gasteiger partial charge on any atom is 0.273 e. The molecule has 0 aliphatic heterocycles. The summed E-state index contributed by atoms with van der Waals surface area (Å²) in [7, 11) is 1.43. The molecule has 20 heavy (non-hydrogen) atoms. The van der Waals surface area contributed by atoms with Crippen molar-refractivity contribution in [3.8, 4) is 5.75 Å². The number of nitrogens with zero attached hydrogens (tertiary/aromatic N) is 1. The van der Waals surface area contributed by atoms with Crippen molar-refractivity contribution in [2.24, 2.45) is 0 Å². The van der Waals surface area contributed by atoms with E-state index in [0.29, 0.717) is 24.4 Å². The lowest BCUT2D eigenvalue weighted by Crippen LogP contribution is -2.20. The van der Waals surface area contributed by atoms with Crippen molar-refractivity contribution in [2.75, 3.05) is 26.9 Å². The van der Waals surface area contributed by atoms with Crippen molar-refractivity contribution < 1.29 is 23.2 Å². The van der Waals surface area contributed by atoms with Gasteiger partial charge in [0.25, 0.3) is 12.1 Å². The standard InChI is InChI=1S/C12H16F2N2O4/c1-19-11-5-9(4-10(6-11)16(17)18)7-15-2-3-20-8-12(13)14/h4-6,12,15H,2-3,7-8H2,1H3. The van der Waals surface area contributed by atoms with E-state index in [4.69, 9.17) is 9.47 Å². The van der Waals surface area contributed by atoms with E-state index in [1.165, 1.54) is 19.2 Å². The number of rotatable bonds is 9. The topological polar surface area (TPSA) is 73.6 Å². The number of hydrogen-bond donors (Lipinski definition) is 1. The van der Waals surface area contributed by atoms with Crippen LogP contribution in [0, 0.1) is 10.1 Å². The van der Waals surface area contributed by atoms with E-state index < -0.39 is 18.0 Å². The summed E-state index contributed by atoms with van der Waals surface area (Å²) >= 11 is 0. The Morgan fingerprint density at radius 2 is 2.15 bits per heavy atom. The second-order valence-electron chi connectivity index (χ2n) is 3.94. The predicted molar refractivity (Wildman–Crippen MR) is 68.2 cm³/mol. The van der Waals surface area contributed by atoms with E-state index in [1.54, 1.807) is 6.07 Å². The van der Waals surface area contributed by atoms with Crippen molar-refractivity contribution in [3.63, 3.8) is 0 Å². The van der Waals surface area contributed by atoms with Gasteiger partial charge in [0, 0.05) is 19.2 Å². The SMILES string of the molecule is COc1cc(CNCCOCC(F)F)cc([N+](=O)[O-])c1. The summed E-state index contributed by atoms with van der Waals surface area (Å²) in [6, 6.07) is 4.42. The van der Waals surface area contributed by atoms with E-state index in [2.05, 4.69) is 5.32 Å². The summed E-state index contributed by atoms with van der Waals surface area (Å²) in [6.07, 6.45) is -2.48. The Morgan fingerprint density at radius 1 is 1.40 bits per heavy atom. The Labute approximate surface area is 114 Å². The van der Waals surface area contributed by atoms with Crippen LogP contribution in [0.3, 0.4) is 0 Å². The summed E-state index contributed by atoms with van der Waals surface area (Å²) in [6.45, 7) is 0.288. The molecule has 112 valence electrons. The molecular weight excluding hydrogens is 274 g/mol. The number of nitro benzene ring substituents is 1. The van der Waals surface area contributed by atoms with Crippen molar-refractivity contribution in [3.05, 3.63) is 33.9 Å². The van der Waals surface area contributed by atoms with Crippen LogP contribution in [0.2, 0.25) is 0 Å². The molecule has 1 aromatic carbocycles. The highest BCUT2D eigenvalue weighted by molar-refractivity contribution is 5.42. The van der Waals surface area contributed by atoms with Crippen LogP contribution in [0.1, 0.15) is 5.56 Å². The van der Waals surface area contributed by atoms with Gasteiger partial charge in [0.2, 0.25) is 0 Å². The second-order valence-corrected chi connectivity index (χ2v) is 3.94. The Balaban J connectivity index is 2.43. The fourth-order valence-electron chi connectivity index (χ4n) is 1.52. The monoisotopic (exact) mass is 290 g/mol. The van der Waals surface area contributed by atoms with Gasteiger partial charge in [-0.3, -0.25) is 10.1 Å². The van der Waals surface area contributed by atoms with Crippen molar-refractivity contribution in [2.45, 2.75) is 13.0 Å². The molecule has 0 aliphatic rings. The zero-order valence-corrected chi connectivity index (χ0v) is 11.0. The van der Waals surface area contributed by atoms with Crippen LogP contribution in [-0.4, -0.2) is 38.2 Å². The van der Waals surface area contributed by atoms with Crippen LogP contribution in [0.25, 0.3) is 0 Å². The quantitative estimate of drug-likeness (QED) is 0.427. The highest BCUT2D eigenvalue weighted by Crippen LogP contribution is 2.22. The zero-order valence-electron chi connectivity index (χ0n) is 11.0. The first-order valence-electron chi connectivity index (χ1n) is 5.92. The van der Waals surface area contributed by atoms with Crippen LogP contribution in [-0.2, 0) is 11.3 Å². The molecule has 0 saturated heterocycles. The molecule has 1 N–H and O–H groups in total. The Bertz CT molecular complexity index is 443. The van der Waals surface area contributed by atoms with Crippen LogP contribution >= 0.6 is 0 Å². The lowest BCUT2D eigenvalue weighted by molar-refractivity contribution is -0.385. The fourth-order valence-corrected chi connectivity index (χ4v) is 1.52. The number of benzene rings is 1. The molecule has 0 aliphatic carbocycles. The molecule has 1 aromatic rings. The van der Waals surface area contributed by atoms with Gasteiger partial charge >= 0.3 is 0 Å². The van der Waals surface area contributed by atoms with Crippen LogP contribution in [0.4, 0.5) is 14.5 Å². The third kappa shape index (κ3) is 5.89. The molecule has 8 heteroatoms. The molecule has 0 saturated carbocycles. The number of nitro groups is 1. The van der Waals surface area contributed by atoms with Gasteiger partial charge in [0.15, 0.2) is 0 Å². The molecular formula is C12H16F2N2O4. The van der Waals surface area contributed by atoms with E-state index in [9.17, 15) is 18.9 Å². The summed E-state index contributed by atoms with van der Waals surface area (Å²) in [5, 5.41) is 13.7. The summed E-state index contributed by atoms with van der Waals surface area (Å²) < 4.78 is 33.2. The average Bonchev–Trinajstić information content (AvgIpc) is 2.41. The summed E-state index contributed by atoms with van der Waals surface area (Å²) in [5.74, 6) is 0.393. The minimum atomic E-state index is -2.48. The van der Waals surface area contributed by atoms with Crippen LogP contribution in [0.15, 0.2) is 18.2 Å². The highest BCUT2D eigenvalue weighted by Gasteiger charge is 2.10. The average molecular weight is 290 g/mol. The Hall–Kier alpha value is -1.80. The number of non-ortho nitro benzene ring substituents is 1. The Morgan fingerprint density at radius 3 is 2.75 bits per heavy atom. The maximum absolute atomic E-state index is 11.8. The van der Waals surface area contributed by atoms with E-state index in [1.807, 2.05) is 0 Å². The molecule has 0 bridgehead atoms. The first-order chi connectivity index (χ1) is 9.52. The van der Waals surface area contributed by atoms with E-state index in [-0.39, 0.29) is 12.3 Å². The molecule has 0 heterocycles. The van der Waals surface area contributed by atoms with Gasteiger partial charge in [-0.25, -0.2) is 8.78 Å². The van der Waals surface area contributed by atoms with E-state index in [0.717, 1.165) is 0 Å². The van der Waals surface area contributed by atoms with Gasteiger partial charge in [-0.15, -0.1) is 0 Å². The number of nitrogens with one attached hydrogen (secondary N) is 1. The molecule has 0 spiro atoms. The maximum atomic E-state index is 11.8. The first-order valence-corrected chi connectivity index (χ1v) is 5.92. The van der Waals surface area contributed by atoms with Crippen LogP contribution < -0.4 is 10.1 Å². The first kappa shape index (κ1) is 16.3.